The predicted octanol–water partition coefficient (Wildman–Crippen LogP) is 2.52. The first-order valence-electron chi connectivity index (χ1n) is 8.14. The first kappa shape index (κ1) is 20.7. The zero-order chi connectivity index (χ0) is 20.0. The van der Waals surface area contributed by atoms with E-state index in [2.05, 4.69) is 5.32 Å². The van der Waals surface area contributed by atoms with E-state index in [1.54, 1.807) is 24.3 Å². The minimum absolute atomic E-state index is 0.113. The summed E-state index contributed by atoms with van der Waals surface area (Å²) in [7, 11) is 1.37. The van der Waals surface area contributed by atoms with Crippen molar-refractivity contribution in [3.63, 3.8) is 0 Å². The largest absolute Gasteiger partial charge is 0.495 e. The number of hydrogen-bond acceptors (Lipinski definition) is 4. The van der Waals surface area contributed by atoms with E-state index < -0.39 is 23.9 Å². The molecule has 6 nitrogen and oxygen atoms in total. The number of nitrogens with one attached hydrogen (secondary N) is 1. The summed E-state index contributed by atoms with van der Waals surface area (Å²) in [5, 5.41) is 13.5. The van der Waals surface area contributed by atoms with Crippen molar-refractivity contribution in [2.75, 3.05) is 12.0 Å². The zero-order valence-electron chi connectivity index (χ0n) is 14.9. The van der Waals surface area contributed by atoms with Crippen molar-refractivity contribution in [1.82, 2.24) is 5.32 Å². The molecule has 0 spiro atoms. The van der Waals surface area contributed by atoms with Crippen LogP contribution < -0.4 is 15.0 Å². The number of hydrogen-bond donors (Lipinski definition) is 2. The Kier molecular flexibility index (Phi) is 7.15. The summed E-state index contributed by atoms with van der Waals surface area (Å²) in [5.74, 6) is -1.02. The smallest absolute Gasteiger partial charge is 0.251 e. The summed E-state index contributed by atoms with van der Waals surface area (Å²) < 4.78 is 18.7. The van der Waals surface area contributed by atoms with Crippen LogP contribution in [0.2, 0.25) is 5.02 Å². The topological polar surface area (TPSA) is 78.9 Å². The van der Waals surface area contributed by atoms with Crippen molar-refractivity contribution >= 4 is 29.6 Å². The van der Waals surface area contributed by atoms with Gasteiger partial charge in [-0.15, -0.1) is 0 Å². The Labute approximate surface area is 161 Å². The number of anilines is 1. The van der Waals surface area contributed by atoms with Crippen LogP contribution in [-0.2, 0) is 16.1 Å². The molecule has 8 heteroatoms. The third-order valence-electron chi connectivity index (χ3n) is 4.05. The van der Waals surface area contributed by atoms with Crippen LogP contribution in [0.5, 0.6) is 5.75 Å². The molecule has 0 saturated carbocycles. The normalized spacial score (nSPS) is 12.8. The van der Waals surface area contributed by atoms with Gasteiger partial charge >= 0.3 is 0 Å². The number of halogens is 2. The van der Waals surface area contributed by atoms with Gasteiger partial charge in [-0.3, -0.25) is 9.59 Å². The number of methoxy groups -OCH3 is 1. The third kappa shape index (κ3) is 5.18. The lowest BCUT2D eigenvalue weighted by Gasteiger charge is -2.29. The van der Waals surface area contributed by atoms with Crippen molar-refractivity contribution in [1.29, 1.82) is 0 Å². The number of aliphatic hydroxyl groups is 1. The molecule has 27 heavy (non-hydrogen) atoms. The highest BCUT2D eigenvalue weighted by Crippen LogP contribution is 2.30. The molecular formula is C19H20ClFN2O4. The van der Waals surface area contributed by atoms with E-state index in [9.17, 15) is 19.1 Å². The summed E-state index contributed by atoms with van der Waals surface area (Å²) >= 11 is 5.89. The molecule has 0 aliphatic heterocycles. The van der Waals surface area contributed by atoms with Crippen LogP contribution in [-0.4, -0.2) is 36.7 Å². The standard InChI is InChI=1S/C19H20ClFN2O4/c1-12(23(11-24)16-9-15(21)6-7-17(16)27-2)18(25)19(26)22-10-13-4-3-5-14(20)8-13/h3-9,11-12,18,25H,10H2,1-2H3,(H,22,26). The lowest BCUT2D eigenvalue weighted by Crippen LogP contribution is -2.49. The molecule has 0 saturated heterocycles. The second-order valence-corrected chi connectivity index (χ2v) is 6.30. The maximum absolute atomic E-state index is 13.6. The molecule has 0 fully saturated rings. The highest BCUT2D eigenvalue weighted by Gasteiger charge is 2.29. The number of carbonyl (C=O) groups is 2. The van der Waals surface area contributed by atoms with Crippen molar-refractivity contribution < 1.29 is 23.8 Å². The van der Waals surface area contributed by atoms with Crippen LogP contribution in [0.25, 0.3) is 0 Å². The van der Waals surface area contributed by atoms with Gasteiger partial charge in [0.25, 0.3) is 5.91 Å². The number of carbonyl (C=O) groups excluding carboxylic acids is 2. The molecule has 2 rings (SSSR count). The van der Waals surface area contributed by atoms with E-state index in [4.69, 9.17) is 16.3 Å². The Bertz CT molecular complexity index is 818. The number of amides is 2. The highest BCUT2D eigenvalue weighted by molar-refractivity contribution is 6.30. The molecule has 0 heterocycles. The fraction of sp³-hybridized carbons (Fsp3) is 0.263. The Morgan fingerprint density at radius 1 is 1.37 bits per heavy atom. The molecule has 144 valence electrons. The van der Waals surface area contributed by atoms with E-state index in [0.29, 0.717) is 11.4 Å². The molecule has 2 atom stereocenters. The van der Waals surface area contributed by atoms with E-state index >= 15 is 0 Å². The number of ether oxygens (including phenoxy) is 1. The van der Waals surface area contributed by atoms with Crippen LogP contribution in [0.15, 0.2) is 42.5 Å². The predicted molar refractivity (Wildman–Crippen MR) is 100 cm³/mol. The van der Waals surface area contributed by atoms with E-state index in [0.717, 1.165) is 16.5 Å². The summed E-state index contributed by atoms with van der Waals surface area (Å²) in [6, 6.07) is 9.59. The van der Waals surface area contributed by atoms with E-state index in [1.165, 1.54) is 26.2 Å². The molecule has 2 amide bonds. The van der Waals surface area contributed by atoms with Crippen molar-refractivity contribution in [2.45, 2.75) is 25.6 Å². The highest BCUT2D eigenvalue weighted by atomic mass is 35.5. The maximum Gasteiger partial charge on any atom is 0.251 e. The van der Waals surface area contributed by atoms with Gasteiger partial charge in [-0.25, -0.2) is 4.39 Å². The minimum atomic E-state index is -1.54. The summed E-state index contributed by atoms with van der Waals surface area (Å²) in [6.45, 7) is 1.63. The molecule has 2 aromatic carbocycles. The minimum Gasteiger partial charge on any atom is -0.495 e. The summed E-state index contributed by atoms with van der Waals surface area (Å²) in [5.41, 5.74) is 0.872. The van der Waals surface area contributed by atoms with Gasteiger partial charge in [-0.2, -0.15) is 0 Å². The Hall–Kier alpha value is -2.64. The van der Waals surface area contributed by atoms with Crippen molar-refractivity contribution in [2.24, 2.45) is 0 Å². The van der Waals surface area contributed by atoms with Crippen LogP contribution in [0.3, 0.4) is 0 Å². The van der Waals surface area contributed by atoms with Gasteiger partial charge < -0.3 is 20.1 Å². The van der Waals surface area contributed by atoms with Gasteiger partial charge in [0.05, 0.1) is 18.8 Å². The number of benzene rings is 2. The summed E-state index contributed by atoms with van der Waals surface area (Å²) in [6.07, 6.45) is -1.13. The maximum atomic E-state index is 13.6. The molecule has 0 aromatic heterocycles. The fourth-order valence-corrected chi connectivity index (χ4v) is 2.76. The molecule has 0 aliphatic rings. The van der Waals surface area contributed by atoms with Gasteiger partial charge in [0.1, 0.15) is 11.6 Å². The van der Waals surface area contributed by atoms with Crippen LogP contribution in [0, 0.1) is 5.82 Å². The average molecular weight is 395 g/mol. The lowest BCUT2D eigenvalue weighted by atomic mass is 10.1. The molecule has 2 aromatic rings. The fourth-order valence-electron chi connectivity index (χ4n) is 2.55. The van der Waals surface area contributed by atoms with Gasteiger partial charge in [-0.05, 0) is 36.8 Å². The molecule has 2 unspecified atom stereocenters. The molecular weight excluding hydrogens is 375 g/mol. The number of rotatable bonds is 8. The molecule has 0 bridgehead atoms. The second-order valence-electron chi connectivity index (χ2n) is 5.86. The summed E-state index contributed by atoms with van der Waals surface area (Å²) in [4.78, 5) is 24.9. The van der Waals surface area contributed by atoms with Crippen LogP contribution >= 0.6 is 11.6 Å². The lowest BCUT2D eigenvalue weighted by molar-refractivity contribution is -0.130. The second kappa shape index (κ2) is 9.34. The number of nitrogens with zero attached hydrogens (tertiary/aromatic N) is 1. The van der Waals surface area contributed by atoms with Gasteiger partial charge in [-0.1, -0.05) is 23.7 Å². The Balaban J connectivity index is 2.11. The van der Waals surface area contributed by atoms with Gasteiger partial charge in [0, 0.05) is 17.6 Å². The molecule has 2 N–H and O–H groups in total. The number of aliphatic hydroxyl groups excluding tert-OH is 1. The Morgan fingerprint density at radius 3 is 2.74 bits per heavy atom. The van der Waals surface area contributed by atoms with Gasteiger partial charge in [0.15, 0.2) is 6.10 Å². The quantitative estimate of drug-likeness (QED) is 0.674. The first-order valence-corrected chi connectivity index (χ1v) is 8.52. The van der Waals surface area contributed by atoms with Crippen molar-refractivity contribution in [3.8, 4) is 5.75 Å². The first-order chi connectivity index (χ1) is 12.9. The van der Waals surface area contributed by atoms with Crippen LogP contribution in [0.1, 0.15) is 12.5 Å². The van der Waals surface area contributed by atoms with Crippen molar-refractivity contribution in [3.05, 3.63) is 58.9 Å². The Morgan fingerprint density at radius 2 is 2.11 bits per heavy atom. The monoisotopic (exact) mass is 394 g/mol. The molecule has 0 aliphatic carbocycles. The van der Waals surface area contributed by atoms with Gasteiger partial charge in [0.2, 0.25) is 6.41 Å². The average Bonchev–Trinajstić information content (AvgIpc) is 2.66. The zero-order valence-corrected chi connectivity index (χ0v) is 15.6. The molecule has 0 radical (unpaired) electrons. The third-order valence-corrected chi connectivity index (χ3v) is 4.29. The van der Waals surface area contributed by atoms with E-state index in [-0.39, 0.29) is 18.0 Å². The SMILES string of the molecule is COc1ccc(F)cc1N(C=O)C(C)C(O)C(=O)NCc1cccc(Cl)c1. The van der Waals surface area contributed by atoms with E-state index in [1.807, 2.05) is 0 Å². The van der Waals surface area contributed by atoms with Crippen LogP contribution in [0.4, 0.5) is 10.1 Å².